The van der Waals surface area contributed by atoms with Gasteiger partial charge in [0.15, 0.2) is 11.0 Å². The fourth-order valence-electron chi connectivity index (χ4n) is 3.66. The maximum atomic E-state index is 13.0. The molecule has 0 fully saturated rings. The predicted molar refractivity (Wildman–Crippen MR) is 153 cm³/mol. The van der Waals surface area contributed by atoms with Crippen molar-refractivity contribution in [2.45, 2.75) is 51.5 Å². The maximum Gasteiger partial charge on any atom is 0.338 e. The molecule has 2 amide bonds. The molecule has 206 valence electrons. The van der Waals surface area contributed by atoms with Gasteiger partial charge in [-0.15, -0.1) is 16.8 Å². The summed E-state index contributed by atoms with van der Waals surface area (Å²) in [6.07, 6.45) is 1.45. The van der Waals surface area contributed by atoms with Crippen molar-refractivity contribution in [1.29, 1.82) is 0 Å². The number of thioether (sulfide) groups is 1. The van der Waals surface area contributed by atoms with E-state index >= 15 is 0 Å². The zero-order valence-electron chi connectivity index (χ0n) is 22.3. The van der Waals surface area contributed by atoms with E-state index in [0.29, 0.717) is 39.4 Å². The Hall–Kier alpha value is -3.63. The van der Waals surface area contributed by atoms with Gasteiger partial charge in [-0.3, -0.25) is 9.59 Å². The van der Waals surface area contributed by atoms with Gasteiger partial charge in [0.25, 0.3) is 5.91 Å². The molecule has 2 aromatic carbocycles. The summed E-state index contributed by atoms with van der Waals surface area (Å²) in [6.45, 7) is 11.7. The highest BCUT2D eigenvalue weighted by atomic mass is 35.5. The van der Waals surface area contributed by atoms with Gasteiger partial charge in [0.2, 0.25) is 5.91 Å². The van der Waals surface area contributed by atoms with Crippen LogP contribution in [0.15, 0.2) is 66.3 Å². The van der Waals surface area contributed by atoms with Crippen molar-refractivity contribution >= 4 is 46.8 Å². The Morgan fingerprint density at radius 2 is 1.85 bits per heavy atom. The van der Waals surface area contributed by atoms with Crippen LogP contribution in [-0.2, 0) is 16.1 Å². The van der Waals surface area contributed by atoms with Crippen LogP contribution in [0.3, 0.4) is 0 Å². The number of aromatic nitrogens is 3. The van der Waals surface area contributed by atoms with Gasteiger partial charge in [0, 0.05) is 12.2 Å². The minimum absolute atomic E-state index is 0.0139. The number of halogens is 1. The van der Waals surface area contributed by atoms with Gasteiger partial charge in [-0.25, -0.2) is 4.79 Å². The number of benzene rings is 2. The fraction of sp³-hybridized carbons (Fsp3) is 0.321. The summed E-state index contributed by atoms with van der Waals surface area (Å²) in [5, 5.41) is 15.3. The van der Waals surface area contributed by atoms with Crippen molar-refractivity contribution in [1.82, 2.24) is 20.1 Å². The smallest absolute Gasteiger partial charge is 0.338 e. The molecule has 9 nitrogen and oxygen atoms in total. The number of carbonyl (C=O) groups is 3. The molecule has 0 spiro atoms. The average Bonchev–Trinajstić information content (AvgIpc) is 3.28. The summed E-state index contributed by atoms with van der Waals surface area (Å²) < 4.78 is 7.04. The predicted octanol–water partition coefficient (Wildman–Crippen LogP) is 5.54. The summed E-state index contributed by atoms with van der Waals surface area (Å²) in [5.74, 6) is -0.475. The van der Waals surface area contributed by atoms with E-state index in [0.717, 1.165) is 0 Å². The third-order valence-electron chi connectivity index (χ3n) is 5.46. The molecular formula is C28H32ClN5O4S. The van der Waals surface area contributed by atoms with Gasteiger partial charge in [0.1, 0.15) is 0 Å². The molecule has 39 heavy (non-hydrogen) atoms. The molecular weight excluding hydrogens is 538 g/mol. The van der Waals surface area contributed by atoms with Crippen LogP contribution in [0.5, 0.6) is 0 Å². The third-order valence-corrected chi connectivity index (χ3v) is 6.76. The van der Waals surface area contributed by atoms with Crippen LogP contribution in [0.25, 0.3) is 0 Å². The Balaban J connectivity index is 1.72. The number of rotatable bonds is 12. The second-order valence-corrected chi connectivity index (χ2v) is 10.6. The zero-order valence-corrected chi connectivity index (χ0v) is 23.9. The molecule has 0 aliphatic rings. The van der Waals surface area contributed by atoms with Gasteiger partial charge < -0.3 is 19.9 Å². The lowest BCUT2D eigenvalue weighted by molar-refractivity contribution is -0.113. The second kappa shape index (κ2) is 14.0. The lowest BCUT2D eigenvalue weighted by Crippen LogP contribution is -2.34. The number of esters is 1. The summed E-state index contributed by atoms with van der Waals surface area (Å²) in [6, 6.07) is 12.9. The normalized spacial score (nSPS) is 11.8. The molecule has 2 N–H and O–H groups in total. The van der Waals surface area contributed by atoms with E-state index in [1.165, 1.54) is 11.8 Å². The van der Waals surface area contributed by atoms with Crippen LogP contribution >= 0.6 is 23.4 Å². The molecule has 0 aliphatic carbocycles. The summed E-state index contributed by atoms with van der Waals surface area (Å²) in [5.41, 5.74) is 1.20. The number of carbonyl (C=O) groups excluding carboxylic acids is 3. The number of nitrogens with zero attached hydrogens (tertiary/aromatic N) is 3. The quantitative estimate of drug-likeness (QED) is 0.167. The van der Waals surface area contributed by atoms with Gasteiger partial charge in [-0.1, -0.05) is 61.5 Å². The number of amides is 2. The first-order valence-corrected chi connectivity index (χ1v) is 13.8. The minimum atomic E-state index is -0.460. The van der Waals surface area contributed by atoms with Crippen molar-refractivity contribution in [3.8, 4) is 0 Å². The highest BCUT2D eigenvalue weighted by Gasteiger charge is 2.27. The molecule has 1 aromatic heterocycles. The highest BCUT2D eigenvalue weighted by Crippen LogP contribution is 2.27. The van der Waals surface area contributed by atoms with Crippen molar-refractivity contribution in [2.75, 3.05) is 11.1 Å². The third kappa shape index (κ3) is 8.18. The zero-order chi connectivity index (χ0) is 28.5. The van der Waals surface area contributed by atoms with Gasteiger partial charge in [0.05, 0.1) is 34.0 Å². The Bertz CT molecular complexity index is 1340. The molecule has 0 bridgehead atoms. The molecule has 0 saturated heterocycles. The van der Waals surface area contributed by atoms with E-state index in [9.17, 15) is 14.4 Å². The number of allylic oxidation sites excluding steroid dienone is 1. The van der Waals surface area contributed by atoms with E-state index in [4.69, 9.17) is 16.3 Å². The summed E-state index contributed by atoms with van der Waals surface area (Å²) >= 11 is 7.42. The largest absolute Gasteiger partial charge is 0.459 e. The second-order valence-electron chi connectivity index (χ2n) is 9.29. The van der Waals surface area contributed by atoms with E-state index in [1.54, 1.807) is 68.5 Å². The van der Waals surface area contributed by atoms with E-state index in [1.807, 2.05) is 18.4 Å². The van der Waals surface area contributed by atoms with Crippen LogP contribution in [0.2, 0.25) is 5.02 Å². The minimum Gasteiger partial charge on any atom is -0.459 e. The molecule has 0 aliphatic heterocycles. The van der Waals surface area contributed by atoms with Gasteiger partial charge >= 0.3 is 5.97 Å². The number of nitrogens with one attached hydrogen (secondary N) is 2. The van der Waals surface area contributed by atoms with Crippen LogP contribution in [0, 0.1) is 5.92 Å². The van der Waals surface area contributed by atoms with Gasteiger partial charge in [-0.2, -0.15) is 0 Å². The lowest BCUT2D eigenvalue weighted by Gasteiger charge is -2.23. The molecule has 1 heterocycles. The van der Waals surface area contributed by atoms with E-state index in [2.05, 4.69) is 27.4 Å². The molecule has 0 radical (unpaired) electrons. The lowest BCUT2D eigenvalue weighted by atomic mass is 10.0. The van der Waals surface area contributed by atoms with Crippen LogP contribution in [0.4, 0.5) is 5.69 Å². The van der Waals surface area contributed by atoms with E-state index < -0.39 is 12.0 Å². The summed E-state index contributed by atoms with van der Waals surface area (Å²) in [4.78, 5) is 37.9. The molecule has 1 atom stereocenters. The molecule has 0 unspecified atom stereocenters. The average molecular weight is 570 g/mol. The molecule has 3 aromatic rings. The Morgan fingerprint density at radius 1 is 1.10 bits per heavy atom. The number of anilines is 1. The standard InChI is InChI=1S/C28H32ClN5O4S/c1-6-14-34-25(24(17(2)3)31-26(36)21-12-7-8-13-22(21)29)32-33-28(34)39-16-23(35)30-20-11-9-10-19(15-20)27(37)38-18(4)5/h6-13,15,17-18,24H,1,14,16H2,2-5H3,(H,30,35)(H,31,36)/t24-/m0/s1. The summed E-state index contributed by atoms with van der Waals surface area (Å²) in [7, 11) is 0. The van der Waals surface area contributed by atoms with Gasteiger partial charge in [-0.05, 0) is 50.1 Å². The SMILES string of the molecule is C=CCn1c(SCC(=O)Nc2cccc(C(=O)OC(C)C)c2)nnc1[C@@H](NC(=O)c1ccccc1Cl)C(C)C. The highest BCUT2D eigenvalue weighted by molar-refractivity contribution is 7.99. The monoisotopic (exact) mass is 569 g/mol. The van der Waals surface area contributed by atoms with Crippen LogP contribution in [0.1, 0.15) is 60.3 Å². The molecule has 3 rings (SSSR count). The first-order chi connectivity index (χ1) is 18.6. The number of hydrogen-bond acceptors (Lipinski definition) is 7. The van der Waals surface area contributed by atoms with Crippen molar-refractivity contribution in [2.24, 2.45) is 5.92 Å². The fourth-order valence-corrected chi connectivity index (χ4v) is 4.64. The van der Waals surface area contributed by atoms with Crippen molar-refractivity contribution in [3.63, 3.8) is 0 Å². The molecule has 0 saturated carbocycles. The Morgan fingerprint density at radius 3 is 2.51 bits per heavy atom. The topological polar surface area (TPSA) is 115 Å². The first-order valence-electron chi connectivity index (χ1n) is 12.4. The number of hydrogen-bond donors (Lipinski definition) is 2. The molecule has 11 heteroatoms. The van der Waals surface area contributed by atoms with Crippen LogP contribution < -0.4 is 10.6 Å². The Labute approximate surface area is 237 Å². The van der Waals surface area contributed by atoms with Crippen molar-refractivity contribution in [3.05, 3.63) is 83.2 Å². The van der Waals surface area contributed by atoms with E-state index in [-0.39, 0.29) is 29.6 Å². The first kappa shape index (κ1) is 29.9. The maximum absolute atomic E-state index is 13.0. The van der Waals surface area contributed by atoms with Crippen LogP contribution in [-0.4, -0.2) is 44.4 Å². The Kier molecular flexibility index (Phi) is 10.7. The van der Waals surface area contributed by atoms with Crippen molar-refractivity contribution < 1.29 is 19.1 Å². The number of ether oxygens (including phenoxy) is 1.